The largest absolute Gasteiger partial charge is 0.392 e. The molecule has 1 N–H and O–H groups in total. The molecule has 0 bridgehead atoms. The van der Waals surface area contributed by atoms with Crippen LogP contribution in [0.5, 0.6) is 0 Å². The highest BCUT2D eigenvalue weighted by molar-refractivity contribution is 5.83. The zero-order valence-corrected chi connectivity index (χ0v) is 11.3. The Balaban J connectivity index is 2.06. The highest BCUT2D eigenvalue weighted by Gasteiger charge is 2.10. The van der Waals surface area contributed by atoms with Gasteiger partial charge in [-0.15, -0.1) is 0 Å². The van der Waals surface area contributed by atoms with E-state index in [9.17, 15) is 9.50 Å². The van der Waals surface area contributed by atoms with Crippen LogP contribution in [0.25, 0.3) is 10.9 Å². The molecule has 0 aliphatic heterocycles. The van der Waals surface area contributed by atoms with Crippen molar-refractivity contribution in [1.82, 2.24) is 4.57 Å². The molecular weight excluding hydrogens is 267 g/mol. The Morgan fingerprint density at radius 1 is 1.10 bits per heavy atom. The van der Waals surface area contributed by atoms with E-state index >= 15 is 0 Å². The van der Waals surface area contributed by atoms with Crippen molar-refractivity contribution in [2.45, 2.75) is 13.2 Å². The van der Waals surface area contributed by atoms with Gasteiger partial charge in [0.2, 0.25) is 0 Å². The molecule has 0 fully saturated rings. The number of hydrogen-bond acceptors (Lipinski definition) is 2. The third-order valence-corrected chi connectivity index (χ3v) is 3.61. The molecule has 0 atom stereocenters. The van der Waals surface area contributed by atoms with E-state index in [4.69, 9.17) is 5.26 Å². The van der Waals surface area contributed by atoms with Gasteiger partial charge in [0, 0.05) is 22.7 Å². The van der Waals surface area contributed by atoms with Crippen molar-refractivity contribution in [3.63, 3.8) is 0 Å². The van der Waals surface area contributed by atoms with Crippen LogP contribution in [0.4, 0.5) is 4.39 Å². The van der Waals surface area contributed by atoms with Crippen molar-refractivity contribution in [2.24, 2.45) is 0 Å². The molecule has 3 nitrogen and oxygen atoms in total. The Labute approximate surface area is 121 Å². The molecule has 104 valence electrons. The van der Waals surface area contributed by atoms with Gasteiger partial charge >= 0.3 is 0 Å². The van der Waals surface area contributed by atoms with E-state index in [1.165, 1.54) is 6.07 Å². The second kappa shape index (κ2) is 5.39. The predicted octanol–water partition coefficient (Wildman–Crippen LogP) is 3.19. The Kier molecular flexibility index (Phi) is 3.43. The van der Waals surface area contributed by atoms with Gasteiger partial charge in [-0.25, -0.2) is 4.39 Å². The summed E-state index contributed by atoms with van der Waals surface area (Å²) < 4.78 is 16.0. The molecule has 4 heteroatoms. The summed E-state index contributed by atoms with van der Waals surface area (Å²) in [6.45, 7) is 0.319. The average molecular weight is 280 g/mol. The number of nitrogens with zero attached hydrogens (tertiary/aromatic N) is 2. The van der Waals surface area contributed by atoms with E-state index in [0.717, 1.165) is 16.5 Å². The molecule has 1 aromatic heterocycles. The third-order valence-electron chi connectivity index (χ3n) is 3.61. The maximum absolute atomic E-state index is 14.1. The van der Waals surface area contributed by atoms with E-state index in [1.807, 2.05) is 41.1 Å². The highest BCUT2D eigenvalue weighted by Crippen LogP contribution is 2.22. The Morgan fingerprint density at radius 3 is 2.62 bits per heavy atom. The van der Waals surface area contributed by atoms with Crippen molar-refractivity contribution < 1.29 is 9.50 Å². The number of nitriles is 1. The fourth-order valence-corrected chi connectivity index (χ4v) is 2.53. The first-order chi connectivity index (χ1) is 10.2. The van der Waals surface area contributed by atoms with Gasteiger partial charge in [-0.3, -0.25) is 0 Å². The van der Waals surface area contributed by atoms with Crippen LogP contribution in [0, 0.1) is 17.1 Å². The second-order valence-electron chi connectivity index (χ2n) is 4.84. The predicted molar refractivity (Wildman–Crippen MR) is 78.1 cm³/mol. The van der Waals surface area contributed by atoms with Gasteiger partial charge in [0.15, 0.2) is 0 Å². The minimum Gasteiger partial charge on any atom is -0.392 e. The van der Waals surface area contributed by atoms with Crippen molar-refractivity contribution in [2.75, 3.05) is 0 Å². The number of halogens is 1. The summed E-state index contributed by atoms with van der Waals surface area (Å²) in [5.74, 6) is -0.472. The molecule has 1 heterocycles. The minimum absolute atomic E-state index is 0.0281. The van der Waals surface area contributed by atoms with Gasteiger partial charge < -0.3 is 9.67 Å². The second-order valence-corrected chi connectivity index (χ2v) is 4.84. The lowest BCUT2D eigenvalue weighted by molar-refractivity contribution is 0.283. The molecule has 2 aromatic carbocycles. The Hall–Kier alpha value is -2.64. The van der Waals surface area contributed by atoms with Crippen molar-refractivity contribution in [1.29, 1.82) is 5.26 Å². The molecule has 0 radical (unpaired) electrons. The van der Waals surface area contributed by atoms with Gasteiger partial charge in [-0.05, 0) is 23.8 Å². The van der Waals surface area contributed by atoms with Gasteiger partial charge in [0.1, 0.15) is 11.9 Å². The normalized spacial score (nSPS) is 10.7. The van der Waals surface area contributed by atoms with Gasteiger partial charge in [0.05, 0.1) is 18.7 Å². The molecule has 0 aliphatic rings. The zero-order valence-electron chi connectivity index (χ0n) is 11.3. The maximum atomic E-state index is 14.1. The first-order valence-electron chi connectivity index (χ1n) is 6.59. The number of benzene rings is 2. The highest BCUT2D eigenvalue weighted by atomic mass is 19.1. The van der Waals surface area contributed by atoms with Crippen LogP contribution >= 0.6 is 0 Å². The van der Waals surface area contributed by atoms with Crippen molar-refractivity contribution in [3.05, 3.63) is 71.2 Å². The van der Waals surface area contributed by atoms with Crippen LogP contribution in [-0.2, 0) is 13.2 Å². The van der Waals surface area contributed by atoms with Crippen LogP contribution in [0.2, 0.25) is 0 Å². The molecule has 0 saturated heterocycles. The summed E-state index contributed by atoms with van der Waals surface area (Å²) in [4.78, 5) is 0. The number of aliphatic hydroxyl groups is 1. The fraction of sp³-hybridized carbons (Fsp3) is 0.118. The van der Waals surface area contributed by atoms with Crippen LogP contribution in [0.3, 0.4) is 0 Å². The Morgan fingerprint density at radius 2 is 1.86 bits per heavy atom. The summed E-state index contributed by atoms with van der Waals surface area (Å²) in [7, 11) is 0. The third kappa shape index (κ3) is 2.28. The number of rotatable bonds is 3. The molecule has 3 rings (SSSR count). The lowest BCUT2D eigenvalue weighted by Crippen LogP contribution is -2.02. The van der Waals surface area contributed by atoms with E-state index in [2.05, 4.69) is 0 Å². The minimum atomic E-state index is -0.472. The zero-order chi connectivity index (χ0) is 14.8. The molecule has 0 amide bonds. The first kappa shape index (κ1) is 13.3. The van der Waals surface area contributed by atoms with Crippen LogP contribution in [0.1, 0.15) is 16.7 Å². The van der Waals surface area contributed by atoms with E-state index in [1.54, 1.807) is 12.1 Å². The molecule has 0 aliphatic carbocycles. The number of aromatic nitrogens is 1. The topological polar surface area (TPSA) is 49.0 Å². The lowest BCUT2D eigenvalue weighted by atomic mass is 10.1. The standard InChI is InChI=1S/C17H13FN2O/c18-17-12(9-19)3-1-4-13(17)10-20-8-7-15-14(11-21)5-2-6-16(15)20/h1-8,21H,10-11H2. The summed E-state index contributed by atoms with van der Waals surface area (Å²) >= 11 is 0. The van der Waals surface area contributed by atoms with Gasteiger partial charge in [-0.2, -0.15) is 5.26 Å². The van der Waals surface area contributed by atoms with E-state index in [-0.39, 0.29) is 12.2 Å². The lowest BCUT2D eigenvalue weighted by Gasteiger charge is -2.08. The van der Waals surface area contributed by atoms with Gasteiger partial charge in [0.25, 0.3) is 0 Å². The number of aliphatic hydroxyl groups excluding tert-OH is 1. The molecule has 3 aromatic rings. The summed E-state index contributed by atoms with van der Waals surface area (Å²) in [6.07, 6.45) is 1.86. The Bertz CT molecular complexity index is 846. The smallest absolute Gasteiger partial charge is 0.145 e. The van der Waals surface area contributed by atoms with Crippen molar-refractivity contribution >= 4 is 10.9 Å². The SMILES string of the molecule is N#Cc1cccc(Cn2ccc3c(CO)cccc32)c1F. The molecule has 21 heavy (non-hydrogen) atoms. The summed E-state index contributed by atoms with van der Waals surface area (Å²) in [5.41, 5.74) is 2.31. The maximum Gasteiger partial charge on any atom is 0.145 e. The molecule has 0 unspecified atom stereocenters. The monoisotopic (exact) mass is 280 g/mol. The van der Waals surface area contributed by atoms with Crippen molar-refractivity contribution in [3.8, 4) is 6.07 Å². The molecule has 0 spiro atoms. The average Bonchev–Trinajstić information content (AvgIpc) is 2.92. The van der Waals surface area contributed by atoms with Crippen LogP contribution in [-0.4, -0.2) is 9.67 Å². The molecular formula is C17H13FN2O. The van der Waals surface area contributed by atoms with E-state index in [0.29, 0.717) is 12.1 Å². The number of fused-ring (bicyclic) bond motifs is 1. The van der Waals surface area contributed by atoms with Gasteiger partial charge in [-0.1, -0.05) is 24.3 Å². The molecule has 0 saturated carbocycles. The van der Waals surface area contributed by atoms with E-state index < -0.39 is 5.82 Å². The number of hydrogen-bond donors (Lipinski definition) is 1. The van der Waals surface area contributed by atoms with Crippen LogP contribution in [0.15, 0.2) is 48.7 Å². The van der Waals surface area contributed by atoms with Crippen LogP contribution < -0.4 is 0 Å². The first-order valence-corrected chi connectivity index (χ1v) is 6.59. The fourth-order valence-electron chi connectivity index (χ4n) is 2.53. The quantitative estimate of drug-likeness (QED) is 0.801. The summed E-state index contributed by atoms with van der Waals surface area (Å²) in [6, 6.07) is 14.3. The summed E-state index contributed by atoms with van der Waals surface area (Å²) in [5, 5.41) is 19.2.